The SMILES string of the molecule is O=C(ON1C(=O)CCC1=O)c1ccc2c(c1)C(=O)OC21c2cc3c4c(c2Oc2c1cc1c5c2CCCN5CCC1)CCCN4CCC3.O=C(ON1C(=O)CCC1=O)c1ccc2c(c1)C1(OC2=O)c2cc3c4c(c2Oc2c1cc1c5c2CCCN5CCC1)CCCN4CCC3. The molecule has 0 aliphatic carbocycles. The molecule has 4 amide bonds. The molecule has 0 aromatic heterocycles. The van der Waals surface area contributed by atoms with Gasteiger partial charge in [0.2, 0.25) is 0 Å². The van der Waals surface area contributed by atoms with E-state index in [2.05, 4.69) is 43.9 Å². The van der Waals surface area contributed by atoms with Gasteiger partial charge in [-0.15, -0.1) is 10.1 Å². The number of fused-ring (bicyclic) bond motifs is 16. The monoisotopic (exact) mass is 1260 g/mol. The molecule has 14 aliphatic heterocycles. The number of benzene rings is 6. The Balaban J connectivity index is 0.000000133. The molecule has 476 valence electrons. The second-order valence-corrected chi connectivity index (χ2v) is 27.5. The van der Waals surface area contributed by atoms with Crippen molar-refractivity contribution in [2.75, 3.05) is 72.0 Å². The first-order valence-electron chi connectivity index (χ1n) is 33.9. The van der Waals surface area contributed by atoms with Gasteiger partial charge in [-0.05, 0) is 180 Å². The van der Waals surface area contributed by atoms with Gasteiger partial charge in [-0.2, -0.15) is 0 Å². The maximum Gasteiger partial charge on any atom is 0.363 e. The van der Waals surface area contributed by atoms with Crippen molar-refractivity contribution in [2.45, 2.75) is 140 Å². The van der Waals surface area contributed by atoms with Gasteiger partial charge in [0.05, 0.1) is 22.3 Å². The predicted octanol–water partition coefficient (Wildman–Crippen LogP) is 9.75. The van der Waals surface area contributed by atoms with Gasteiger partial charge in [-0.3, -0.25) is 19.2 Å². The van der Waals surface area contributed by atoms with Crippen LogP contribution >= 0.6 is 0 Å². The van der Waals surface area contributed by atoms with E-state index in [1.54, 1.807) is 24.3 Å². The number of ether oxygens (including phenoxy) is 4. The second-order valence-electron chi connectivity index (χ2n) is 27.5. The molecule has 2 spiro atoms. The standard InChI is InChI=1S/2C37H33N3O7/c41-29-11-12-30(42)40(29)47-35(43)22-9-10-26-25(17-22)36(44)46-37(26)27-18-20-5-1-13-38-15-3-7-23(31(20)38)33(27)45-34-24-8-4-16-39-14-2-6-21(32(24)39)19-28(34)37;41-29-11-12-30(42)40(29)47-35(43)22-9-10-23-26(19-22)37(46-36(23)44)27-17-20-5-1-13-38-15-3-7-24(31(20)38)33(27)45-34-25-8-4-16-39-14-2-6-21(32(25)39)18-28(34)37/h2*9-10,17-19H,1-8,11-16H2. The van der Waals surface area contributed by atoms with E-state index >= 15 is 0 Å². The fourth-order valence-corrected chi connectivity index (χ4v) is 18.5. The Labute approximate surface area is 540 Å². The highest BCUT2D eigenvalue weighted by atomic mass is 16.7. The number of nitrogens with zero attached hydrogens (tertiary/aromatic N) is 6. The van der Waals surface area contributed by atoms with E-state index in [0.717, 1.165) is 211 Å². The highest BCUT2D eigenvalue weighted by Gasteiger charge is 2.59. The Morgan fingerprint density at radius 1 is 0.340 bits per heavy atom. The number of hydrogen-bond acceptors (Lipinski definition) is 18. The van der Waals surface area contributed by atoms with Crippen molar-refractivity contribution < 1.29 is 67.0 Å². The van der Waals surface area contributed by atoms with Crippen LogP contribution in [-0.2, 0) is 101 Å². The minimum atomic E-state index is -1.35. The van der Waals surface area contributed by atoms with Crippen molar-refractivity contribution in [3.8, 4) is 23.0 Å². The van der Waals surface area contributed by atoms with Crippen molar-refractivity contribution in [1.82, 2.24) is 10.1 Å². The molecule has 0 radical (unpaired) electrons. The number of anilines is 4. The average molecular weight is 1260 g/mol. The number of carbonyl (C=O) groups is 8. The lowest BCUT2D eigenvalue weighted by Gasteiger charge is -2.45. The van der Waals surface area contributed by atoms with E-state index in [4.69, 9.17) is 28.6 Å². The number of hydroxylamine groups is 4. The minimum absolute atomic E-state index is 0.00105. The molecule has 6 aromatic carbocycles. The van der Waals surface area contributed by atoms with Crippen LogP contribution in [0.1, 0.15) is 196 Å². The molecule has 0 saturated carbocycles. The molecule has 6 aromatic rings. The molecule has 2 fully saturated rings. The van der Waals surface area contributed by atoms with Crippen molar-refractivity contribution in [3.63, 3.8) is 0 Å². The van der Waals surface area contributed by atoms with E-state index in [-0.39, 0.29) is 42.4 Å². The number of carbonyl (C=O) groups excluding carboxylic acids is 8. The van der Waals surface area contributed by atoms with Crippen molar-refractivity contribution in [3.05, 3.63) is 161 Å². The lowest BCUT2D eigenvalue weighted by molar-refractivity contribution is -0.173. The van der Waals surface area contributed by atoms with Crippen LogP contribution in [-0.4, -0.2) is 110 Å². The van der Waals surface area contributed by atoms with E-state index in [1.165, 1.54) is 68.3 Å². The van der Waals surface area contributed by atoms with Crippen LogP contribution in [0, 0.1) is 0 Å². The first kappa shape index (κ1) is 55.9. The van der Waals surface area contributed by atoms with Crippen LogP contribution in [0.15, 0.2) is 60.7 Å². The van der Waals surface area contributed by atoms with Gasteiger partial charge >= 0.3 is 23.9 Å². The summed E-state index contributed by atoms with van der Waals surface area (Å²) >= 11 is 0. The van der Waals surface area contributed by atoms with Gasteiger partial charge in [-0.1, -0.05) is 6.07 Å². The summed E-state index contributed by atoms with van der Waals surface area (Å²) in [5.41, 5.74) is 17.4. The summed E-state index contributed by atoms with van der Waals surface area (Å²) in [6.45, 7) is 8.16. The van der Waals surface area contributed by atoms with E-state index in [9.17, 15) is 38.4 Å². The van der Waals surface area contributed by atoms with Crippen LogP contribution in [0.2, 0.25) is 0 Å². The van der Waals surface area contributed by atoms with Gasteiger partial charge in [0, 0.05) is 156 Å². The zero-order valence-electron chi connectivity index (χ0n) is 52.0. The van der Waals surface area contributed by atoms with Crippen molar-refractivity contribution >= 4 is 70.3 Å². The third-order valence-corrected chi connectivity index (χ3v) is 22.4. The van der Waals surface area contributed by atoms with Gasteiger partial charge < -0.3 is 48.2 Å². The molecule has 20 rings (SSSR count). The highest BCUT2D eigenvalue weighted by Crippen LogP contribution is 2.64. The summed E-state index contributed by atoms with van der Waals surface area (Å²) < 4.78 is 27.6. The molecule has 0 N–H and O–H groups in total. The smallest absolute Gasteiger partial charge is 0.363 e. The van der Waals surface area contributed by atoms with Crippen molar-refractivity contribution in [1.29, 1.82) is 0 Å². The Hall–Kier alpha value is -9.72. The summed E-state index contributed by atoms with van der Waals surface area (Å²) in [5.74, 6) is -1.84. The van der Waals surface area contributed by atoms with Crippen molar-refractivity contribution in [2.24, 2.45) is 0 Å². The summed E-state index contributed by atoms with van der Waals surface area (Å²) in [6, 6.07) is 18.4. The average Bonchev–Trinajstić information content (AvgIpc) is 1.36. The fourth-order valence-electron chi connectivity index (χ4n) is 18.5. The van der Waals surface area contributed by atoms with Gasteiger partial charge in [0.25, 0.3) is 23.6 Å². The van der Waals surface area contributed by atoms with Crippen LogP contribution < -0.4 is 29.1 Å². The zero-order chi connectivity index (χ0) is 63.2. The lowest BCUT2D eigenvalue weighted by Crippen LogP contribution is -2.40. The Kier molecular flexibility index (Phi) is 12.1. The first-order valence-corrected chi connectivity index (χ1v) is 33.9. The molecule has 2 saturated heterocycles. The minimum Gasteiger partial charge on any atom is -0.456 e. The quantitative estimate of drug-likeness (QED) is 0.119. The Morgan fingerprint density at radius 2 is 0.660 bits per heavy atom. The summed E-state index contributed by atoms with van der Waals surface area (Å²) in [7, 11) is 0. The maximum absolute atomic E-state index is 14.0. The molecule has 20 heteroatoms. The predicted molar refractivity (Wildman–Crippen MR) is 338 cm³/mol. The number of esters is 2. The summed E-state index contributed by atoms with van der Waals surface area (Å²) in [5, 5.41) is 1.08. The molecule has 0 atom stereocenters. The molecular formula is C74H66N6O14. The maximum atomic E-state index is 14.0. The number of rotatable bonds is 4. The second kappa shape index (κ2) is 20.4. The van der Waals surface area contributed by atoms with Gasteiger partial charge in [-0.25, -0.2) is 19.2 Å². The third-order valence-electron chi connectivity index (χ3n) is 22.4. The molecule has 14 aliphatic rings. The van der Waals surface area contributed by atoms with Crippen LogP contribution in [0.4, 0.5) is 22.7 Å². The van der Waals surface area contributed by atoms with E-state index in [1.807, 2.05) is 0 Å². The molecule has 94 heavy (non-hydrogen) atoms. The molecule has 14 heterocycles. The number of amides is 4. The number of imide groups is 2. The number of hydrogen-bond donors (Lipinski definition) is 0. The van der Waals surface area contributed by atoms with E-state index in [0.29, 0.717) is 26.8 Å². The largest absolute Gasteiger partial charge is 0.456 e. The molecule has 0 bridgehead atoms. The molecule has 0 unspecified atom stereocenters. The third kappa shape index (κ3) is 7.78. The highest BCUT2D eigenvalue weighted by molar-refractivity contribution is 6.06. The molecular weight excluding hydrogens is 1200 g/mol. The Morgan fingerprint density at radius 3 is 1.03 bits per heavy atom. The topological polar surface area (TPSA) is 211 Å². The normalized spacial score (nSPS) is 21.0. The first-order chi connectivity index (χ1) is 45.8. The lowest BCUT2D eigenvalue weighted by atomic mass is 9.72. The zero-order valence-corrected chi connectivity index (χ0v) is 52.0. The van der Waals surface area contributed by atoms with E-state index < -0.39 is 58.7 Å². The van der Waals surface area contributed by atoms with Gasteiger partial charge in [0.15, 0.2) is 11.2 Å². The summed E-state index contributed by atoms with van der Waals surface area (Å²) in [6.07, 6.45) is 15.5. The Bertz CT molecular complexity index is 4370. The fraction of sp³-hybridized carbons (Fsp3) is 0.405. The van der Waals surface area contributed by atoms with Gasteiger partial charge in [0.1, 0.15) is 23.0 Å². The van der Waals surface area contributed by atoms with Crippen LogP contribution in [0.25, 0.3) is 0 Å². The number of aryl methyl sites for hydroxylation is 4. The molecule has 20 nitrogen and oxygen atoms in total. The van der Waals surface area contributed by atoms with Crippen LogP contribution in [0.5, 0.6) is 23.0 Å². The van der Waals surface area contributed by atoms with Crippen LogP contribution in [0.3, 0.4) is 0 Å². The summed E-state index contributed by atoms with van der Waals surface area (Å²) in [4.78, 5) is 124.